The Balaban J connectivity index is 2.20. The van der Waals surface area contributed by atoms with Gasteiger partial charge in [-0.25, -0.2) is 0 Å². The number of hydrogen-bond donors (Lipinski definition) is 1. The summed E-state index contributed by atoms with van der Waals surface area (Å²) in [5.41, 5.74) is 7.02. The van der Waals surface area contributed by atoms with Gasteiger partial charge in [-0.2, -0.15) is 10.4 Å². The molecule has 2 N–H and O–H groups in total. The maximum atomic E-state index is 12.4. The number of carbonyl (C=O) groups is 1. The Labute approximate surface area is 132 Å². The molecule has 0 saturated carbocycles. The first-order chi connectivity index (χ1) is 10.6. The average molecular weight is 319 g/mol. The van der Waals surface area contributed by atoms with E-state index in [0.717, 1.165) is 6.42 Å². The molecule has 22 heavy (non-hydrogen) atoms. The van der Waals surface area contributed by atoms with Crippen LogP contribution in [-0.4, -0.2) is 15.6 Å². The number of rotatable bonds is 2. The number of ether oxygens (including phenoxy) is 1. The lowest BCUT2D eigenvalue weighted by molar-refractivity contribution is -0.116. The Morgan fingerprint density at radius 2 is 2.36 bits per heavy atom. The number of hydrogen-bond acceptors (Lipinski definition) is 5. The van der Waals surface area contributed by atoms with E-state index in [9.17, 15) is 10.1 Å². The van der Waals surface area contributed by atoms with Crippen molar-refractivity contribution in [3.63, 3.8) is 0 Å². The van der Waals surface area contributed by atoms with Crippen molar-refractivity contribution in [2.24, 2.45) is 5.73 Å². The largest absolute Gasteiger partial charge is 0.444 e. The van der Waals surface area contributed by atoms with Gasteiger partial charge in [0.1, 0.15) is 17.4 Å². The van der Waals surface area contributed by atoms with Gasteiger partial charge in [-0.3, -0.25) is 9.48 Å². The van der Waals surface area contributed by atoms with Gasteiger partial charge in [-0.15, -0.1) is 0 Å². The van der Waals surface area contributed by atoms with Gasteiger partial charge in [0.05, 0.1) is 16.6 Å². The Morgan fingerprint density at radius 1 is 1.59 bits per heavy atom. The molecule has 0 amide bonds. The third kappa shape index (κ3) is 2.18. The van der Waals surface area contributed by atoms with Gasteiger partial charge in [0.15, 0.2) is 5.78 Å². The minimum absolute atomic E-state index is 0.0306. The van der Waals surface area contributed by atoms with Gasteiger partial charge in [-0.05, 0) is 13.3 Å². The molecular formula is C15H15ClN4O2. The summed E-state index contributed by atoms with van der Waals surface area (Å²) in [7, 11) is 0. The lowest BCUT2D eigenvalue weighted by atomic mass is 9.80. The third-order valence-corrected chi connectivity index (χ3v) is 4.24. The molecule has 1 aliphatic carbocycles. The van der Waals surface area contributed by atoms with Crippen LogP contribution in [0.25, 0.3) is 0 Å². The van der Waals surface area contributed by atoms with E-state index in [2.05, 4.69) is 5.10 Å². The van der Waals surface area contributed by atoms with Crippen molar-refractivity contribution in [2.45, 2.75) is 38.6 Å². The van der Waals surface area contributed by atoms with E-state index >= 15 is 0 Å². The summed E-state index contributed by atoms with van der Waals surface area (Å²) in [5, 5.41) is 14.3. The molecule has 1 aromatic heterocycles. The zero-order valence-corrected chi connectivity index (χ0v) is 12.9. The highest BCUT2D eigenvalue weighted by molar-refractivity contribution is 6.31. The van der Waals surface area contributed by atoms with Gasteiger partial charge >= 0.3 is 0 Å². The molecule has 0 saturated heterocycles. The lowest BCUT2D eigenvalue weighted by Crippen LogP contribution is -2.27. The van der Waals surface area contributed by atoms with Crippen LogP contribution in [0.5, 0.6) is 0 Å². The highest BCUT2D eigenvalue weighted by atomic mass is 35.5. The molecule has 3 rings (SSSR count). The molecule has 0 aromatic carbocycles. The number of aryl methyl sites for hydroxylation is 1. The fourth-order valence-corrected chi connectivity index (χ4v) is 3.16. The quantitative estimate of drug-likeness (QED) is 0.903. The smallest absolute Gasteiger partial charge is 0.205 e. The normalized spacial score (nSPS) is 21.5. The second kappa shape index (κ2) is 5.50. The van der Waals surface area contributed by atoms with Crippen LogP contribution < -0.4 is 5.73 Å². The van der Waals surface area contributed by atoms with Crippen LogP contribution in [0.4, 0.5) is 0 Å². The van der Waals surface area contributed by atoms with E-state index in [1.165, 1.54) is 0 Å². The summed E-state index contributed by atoms with van der Waals surface area (Å²) in [5.74, 6) is -0.0987. The number of carbonyl (C=O) groups excluding carboxylic acids is 1. The highest BCUT2D eigenvalue weighted by Crippen LogP contribution is 2.44. The van der Waals surface area contributed by atoms with Crippen molar-refractivity contribution in [3.8, 4) is 6.07 Å². The molecule has 1 atom stereocenters. The summed E-state index contributed by atoms with van der Waals surface area (Å²) in [6.45, 7) is 2.58. The lowest BCUT2D eigenvalue weighted by Gasteiger charge is -2.29. The van der Waals surface area contributed by atoms with Crippen LogP contribution in [0, 0.1) is 11.3 Å². The molecular weight excluding hydrogens is 304 g/mol. The van der Waals surface area contributed by atoms with Crippen LogP contribution in [-0.2, 0) is 16.1 Å². The van der Waals surface area contributed by atoms with E-state index in [1.807, 2.05) is 13.0 Å². The summed E-state index contributed by atoms with van der Waals surface area (Å²) < 4.78 is 7.18. The number of nitriles is 1. The predicted molar refractivity (Wildman–Crippen MR) is 79.4 cm³/mol. The monoisotopic (exact) mass is 318 g/mol. The Hall–Kier alpha value is -2.26. The minimum atomic E-state index is -0.637. The van der Waals surface area contributed by atoms with E-state index in [0.29, 0.717) is 41.4 Å². The standard InChI is InChI=1S/C15H15ClN4O2/c1-2-20-7-9(16)14(19-20)12-8(6-17)15(18)22-11-5-3-4-10(21)13(11)12/h7,12H,2-5,18H2,1H3/t12-/m1/s1. The Bertz CT molecular complexity index is 754. The zero-order valence-electron chi connectivity index (χ0n) is 12.1. The summed E-state index contributed by atoms with van der Waals surface area (Å²) in [6.07, 6.45) is 3.47. The fraction of sp³-hybridized carbons (Fsp3) is 0.400. The highest BCUT2D eigenvalue weighted by Gasteiger charge is 2.40. The third-order valence-electron chi connectivity index (χ3n) is 3.95. The zero-order chi connectivity index (χ0) is 15.9. The van der Waals surface area contributed by atoms with Crippen molar-refractivity contribution in [1.82, 2.24) is 9.78 Å². The van der Waals surface area contributed by atoms with Crippen LogP contribution in [0.2, 0.25) is 5.02 Å². The molecule has 1 aliphatic heterocycles. The molecule has 7 heteroatoms. The Morgan fingerprint density at radius 3 is 3.00 bits per heavy atom. The van der Waals surface area contributed by atoms with Crippen LogP contribution in [0.3, 0.4) is 0 Å². The van der Waals surface area contributed by atoms with Crippen LogP contribution in [0.1, 0.15) is 37.8 Å². The number of ketones is 1. The molecule has 0 spiro atoms. The fourth-order valence-electron chi connectivity index (χ4n) is 2.90. The second-order valence-corrected chi connectivity index (χ2v) is 5.66. The number of aromatic nitrogens is 2. The van der Waals surface area contributed by atoms with Crippen molar-refractivity contribution in [2.75, 3.05) is 0 Å². The Kier molecular flexibility index (Phi) is 3.67. The molecule has 0 bridgehead atoms. The van der Waals surface area contributed by atoms with E-state index < -0.39 is 5.92 Å². The summed E-state index contributed by atoms with van der Waals surface area (Å²) in [4.78, 5) is 12.4. The average Bonchev–Trinajstić information content (AvgIpc) is 2.87. The molecule has 0 fully saturated rings. The molecule has 2 heterocycles. The van der Waals surface area contributed by atoms with Crippen molar-refractivity contribution >= 4 is 17.4 Å². The van der Waals surface area contributed by atoms with E-state index in [4.69, 9.17) is 22.1 Å². The van der Waals surface area contributed by atoms with Crippen molar-refractivity contribution in [1.29, 1.82) is 5.26 Å². The maximum absolute atomic E-state index is 12.4. The van der Waals surface area contributed by atoms with Gasteiger partial charge in [0.2, 0.25) is 5.88 Å². The number of nitrogens with zero attached hydrogens (tertiary/aromatic N) is 3. The number of allylic oxidation sites excluding steroid dienone is 3. The van der Waals surface area contributed by atoms with Gasteiger partial charge < -0.3 is 10.5 Å². The first-order valence-electron chi connectivity index (χ1n) is 7.13. The SMILES string of the molecule is CCn1cc(Cl)c([C@@H]2C(C#N)=C(N)OC3=C2C(=O)CCC3)n1. The predicted octanol–water partition coefficient (Wildman–Crippen LogP) is 2.37. The van der Waals surface area contributed by atoms with E-state index in [-0.39, 0.29) is 17.2 Å². The molecule has 114 valence electrons. The summed E-state index contributed by atoms with van der Waals surface area (Å²) in [6, 6.07) is 2.05. The van der Waals surface area contributed by atoms with E-state index in [1.54, 1.807) is 10.9 Å². The molecule has 6 nitrogen and oxygen atoms in total. The minimum Gasteiger partial charge on any atom is -0.444 e. The van der Waals surface area contributed by atoms with Gasteiger partial charge in [0.25, 0.3) is 0 Å². The van der Waals surface area contributed by atoms with Gasteiger partial charge in [0, 0.05) is 31.2 Å². The van der Waals surface area contributed by atoms with Crippen molar-refractivity contribution < 1.29 is 9.53 Å². The summed E-state index contributed by atoms with van der Waals surface area (Å²) >= 11 is 6.28. The molecule has 2 aliphatic rings. The molecule has 1 aromatic rings. The molecule has 0 unspecified atom stereocenters. The number of nitrogens with two attached hydrogens (primary N) is 1. The number of Topliss-reactive ketones (excluding diaryl/α,β-unsaturated/α-hetero) is 1. The molecule has 0 radical (unpaired) electrons. The topological polar surface area (TPSA) is 93.9 Å². The number of halogens is 1. The van der Waals surface area contributed by atoms with Crippen LogP contribution in [0.15, 0.2) is 29.0 Å². The first-order valence-corrected chi connectivity index (χ1v) is 7.51. The van der Waals surface area contributed by atoms with Gasteiger partial charge in [-0.1, -0.05) is 11.6 Å². The van der Waals surface area contributed by atoms with Crippen molar-refractivity contribution in [3.05, 3.63) is 39.7 Å². The first kappa shape index (κ1) is 14.7. The maximum Gasteiger partial charge on any atom is 0.205 e. The van der Waals surface area contributed by atoms with Crippen LogP contribution >= 0.6 is 11.6 Å². The second-order valence-electron chi connectivity index (χ2n) is 5.26.